The quantitative estimate of drug-likeness (QED) is 0.888. The SMILES string of the molecule is CCOc1ncccc1C(=O)N1C[C@H]2CC[C@@H](Nc3cnccn3)[C@H]2C1. The van der Waals surface area contributed by atoms with Crippen LogP contribution in [-0.2, 0) is 0 Å². The van der Waals surface area contributed by atoms with Crippen LogP contribution in [0.5, 0.6) is 5.88 Å². The van der Waals surface area contributed by atoms with Crippen molar-refractivity contribution in [1.29, 1.82) is 0 Å². The minimum atomic E-state index is 0.00852. The number of hydrogen-bond acceptors (Lipinski definition) is 6. The third-order valence-corrected chi connectivity index (χ3v) is 5.32. The molecule has 1 N–H and O–H groups in total. The van der Waals surface area contributed by atoms with Crippen LogP contribution in [0.2, 0.25) is 0 Å². The molecule has 26 heavy (non-hydrogen) atoms. The Bertz CT molecular complexity index is 770. The number of carbonyl (C=O) groups is 1. The predicted octanol–water partition coefficient (Wildman–Crippen LogP) is 2.23. The molecule has 7 nitrogen and oxygen atoms in total. The topological polar surface area (TPSA) is 80.2 Å². The van der Waals surface area contributed by atoms with Gasteiger partial charge in [-0.2, -0.15) is 0 Å². The lowest BCUT2D eigenvalue weighted by atomic mass is 9.98. The molecule has 2 aromatic heterocycles. The lowest BCUT2D eigenvalue weighted by Crippen LogP contribution is -2.33. The van der Waals surface area contributed by atoms with Gasteiger partial charge in [0.25, 0.3) is 5.91 Å². The van der Waals surface area contributed by atoms with E-state index >= 15 is 0 Å². The van der Waals surface area contributed by atoms with Gasteiger partial charge in [-0.1, -0.05) is 0 Å². The second-order valence-corrected chi connectivity index (χ2v) is 6.84. The zero-order valence-corrected chi connectivity index (χ0v) is 14.8. The van der Waals surface area contributed by atoms with Crippen molar-refractivity contribution in [1.82, 2.24) is 19.9 Å². The Balaban J connectivity index is 1.46. The van der Waals surface area contributed by atoms with E-state index in [1.54, 1.807) is 36.9 Å². The van der Waals surface area contributed by atoms with E-state index in [1.807, 2.05) is 11.8 Å². The second kappa shape index (κ2) is 7.27. The highest BCUT2D eigenvalue weighted by molar-refractivity contribution is 5.96. The lowest BCUT2D eigenvalue weighted by molar-refractivity contribution is 0.0775. The van der Waals surface area contributed by atoms with Gasteiger partial charge in [0.15, 0.2) is 0 Å². The van der Waals surface area contributed by atoms with Gasteiger partial charge in [-0.05, 0) is 37.8 Å². The van der Waals surface area contributed by atoms with Crippen LogP contribution >= 0.6 is 0 Å². The molecule has 0 aromatic carbocycles. The molecule has 1 aliphatic heterocycles. The summed E-state index contributed by atoms with van der Waals surface area (Å²) in [6.07, 6.45) is 8.98. The van der Waals surface area contributed by atoms with Gasteiger partial charge in [0, 0.05) is 43.6 Å². The first-order chi connectivity index (χ1) is 12.8. The summed E-state index contributed by atoms with van der Waals surface area (Å²) in [5.74, 6) is 2.20. The Morgan fingerprint density at radius 2 is 2.19 bits per heavy atom. The molecule has 1 saturated heterocycles. The first-order valence-corrected chi connectivity index (χ1v) is 9.16. The fraction of sp³-hybridized carbons (Fsp3) is 0.474. The molecular formula is C19H23N5O2. The number of nitrogens with one attached hydrogen (secondary N) is 1. The van der Waals surface area contributed by atoms with Crippen LogP contribution in [0.15, 0.2) is 36.9 Å². The van der Waals surface area contributed by atoms with Gasteiger partial charge in [-0.3, -0.25) is 9.78 Å². The Labute approximate surface area is 152 Å². The van der Waals surface area contributed by atoms with Gasteiger partial charge in [-0.25, -0.2) is 9.97 Å². The van der Waals surface area contributed by atoms with Crippen molar-refractivity contribution in [3.63, 3.8) is 0 Å². The molecule has 0 radical (unpaired) electrons. The number of ether oxygens (including phenoxy) is 1. The van der Waals surface area contributed by atoms with Crippen molar-refractivity contribution in [3.8, 4) is 5.88 Å². The zero-order valence-electron chi connectivity index (χ0n) is 14.8. The van der Waals surface area contributed by atoms with Crippen LogP contribution in [0.25, 0.3) is 0 Å². The van der Waals surface area contributed by atoms with Gasteiger partial charge in [0.2, 0.25) is 5.88 Å². The van der Waals surface area contributed by atoms with E-state index in [4.69, 9.17) is 4.74 Å². The van der Waals surface area contributed by atoms with Gasteiger partial charge in [0.1, 0.15) is 11.4 Å². The summed E-state index contributed by atoms with van der Waals surface area (Å²) >= 11 is 0. The second-order valence-electron chi connectivity index (χ2n) is 6.84. The molecule has 1 saturated carbocycles. The van der Waals surface area contributed by atoms with Gasteiger partial charge >= 0.3 is 0 Å². The van der Waals surface area contributed by atoms with Gasteiger partial charge in [-0.15, -0.1) is 0 Å². The Hall–Kier alpha value is -2.70. The van der Waals surface area contributed by atoms with Crippen molar-refractivity contribution in [2.24, 2.45) is 11.8 Å². The highest BCUT2D eigenvalue weighted by Gasteiger charge is 2.44. The fourth-order valence-corrected chi connectivity index (χ4v) is 4.15. The smallest absolute Gasteiger partial charge is 0.259 e. The molecular weight excluding hydrogens is 330 g/mol. The number of hydrogen-bond donors (Lipinski definition) is 1. The summed E-state index contributed by atoms with van der Waals surface area (Å²) in [5, 5.41) is 3.49. The van der Waals surface area contributed by atoms with E-state index in [0.29, 0.717) is 35.9 Å². The number of anilines is 1. The Kier molecular flexibility index (Phi) is 4.69. The van der Waals surface area contributed by atoms with E-state index in [-0.39, 0.29) is 5.91 Å². The number of carbonyl (C=O) groups excluding carboxylic acids is 1. The number of nitrogens with zero attached hydrogens (tertiary/aromatic N) is 4. The number of rotatable bonds is 5. The maximum Gasteiger partial charge on any atom is 0.259 e. The van der Waals surface area contributed by atoms with E-state index in [9.17, 15) is 4.79 Å². The van der Waals surface area contributed by atoms with E-state index < -0.39 is 0 Å². The molecule has 0 spiro atoms. The largest absolute Gasteiger partial charge is 0.477 e. The first-order valence-electron chi connectivity index (χ1n) is 9.16. The normalized spacial score (nSPS) is 24.3. The van der Waals surface area contributed by atoms with Gasteiger partial charge < -0.3 is 15.0 Å². The maximum absolute atomic E-state index is 13.0. The summed E-state index contributed by atoms with van der Waals surface area (Å²) < 4.78 is 5.53. The maximum atomic E-state index is 13.0. The molecule has 3 heterocycles. The van der Waals surface area contributed by atoms with Crippen LogP contribution in [-0.4, -0.2) is 51.5 Å². The average Bonchev–Trinajstić information content (AvgIpc) is 3.25. The monoisotopic (exact) mass is 353 g/mol. The Morgan fingerprint density at radius 3 is 3.00 bits per heavy atom. The van der Waals surface area contributed by atoms with Crippen molar-refractivity contribution in [2.75, 3.05) is 25.0 Å². The van der Waals surface area contributed by atoms with Gasteiger partial charge in [0.05, 0.1) is 12.8 Å². The predicted molar refractivity (Wildman–Crippen MR) is 97.0 cm³/mol. The number of aromatic nitrogens is 3. The molecule has 0 bridgehead atoms. The minimum absolute atomic E-state index is 0.00852. The van der Waals surface area contributed by atoms with Crippen LogP contribution < -0.4 is 10.1 Å². The molecule has 1 aliphatic carbocycles. The van der Waals surface area contributed by atoms with Crippen molar-refractivity contribution in [3.05, 3.63) is 42.5 Å². The minimum Gasteiger partial charge on any atom is -0.477 e. The molecule has 2 aromatic rings. The molecule has 0 unspecified atom stereocenters. The van der Waals surface area contributed by atoms with E-state index in [1.165, 1.54) is 0 Å². The Morgan fingerprint density at radius 1 is 1.27 bits per heavy atom. The number of amides is 1. The van der Waals surface area contributed by atoms with Crippen LogP contribution in [0, 0.1) is 11.8 Å². The summed E-state index contributed by atoms with van der Waals surface area (Å²) in [5.41, 5.74) is 0.549. The van der Waals surface area contributed by atoms with Crippen LogP contribution in [0.1, 0.15) is 30.1 Å². The fourth-order valence-electron chi connectivity index (χ4n) is 4.15. The highest BCUT2D eigenvalue weighted by Crippen LogP contribution is 2.40. The van der Waals surface area contributed by atoms with Crippen molar-refractivity contribution >= 4 is 11.7 Å². The molecule has 1 amide bonds. The zero-order chi connectivity index (χ0) is 17.9. The van der Waals surface area contributed by atoms with Crippen molar-refractivity contribution < 1.29 is 9.53 Å². The average molecular weight is 353 g/mol. The first kappa shape index (κ1) is 16.8. The van der Waals surface area contributed by atoms with E-state index in [2.05, 4.69) is 20.3 Å². The molecule has 2 aliphatic rings. The third-order valence-electron chi connectivity index (χ3n) is 5.32. The lowest BCUT2D eigenvalue weighted by Gasteiger charge is -2.22. The molecule has 136 valence electrons. The number of fused-ring (bicyclic) bond motifs is 1. The summed E-state index contributed by atoms with van der Waals surface area (Å²) in [6, 6.07) is 3.91. The number of likely N-dealkylation sites (tertiary alicyclic amines) is 1. The van der Waals surface area contributed by atoms with Crippen LogP contribution in [0.3, 0.4) is 0 Å². The summed E-state index contributed by atoms with van der Waals surface area (Å²) in [4.78, 5) is 27.6. The third kappa shape index (κ3) is 3.21. The van der Waals surface area contributed by atoms with Crippen molar-refractivity contribution in [2.45, 2.75) is 25.8 Å². The van der Waals surface area contributed by atoms with Crippen LogP contribution in [0.4, 0.5) is 5.82 Å². The molecule has 4 rings (SSSR count). The molecule has 3 atom stereocenters. The standard InChI is InChI=1S/C19H23N5O2/c1-2-26-18-14(4-3-7-22-18)19(25)24-11-13-5-6-16(15(13)12-24)23-17-10-20-8-9-21-17/h3-4,7-10,13,15-16H,2,5-6,11-12H2,1H3,(H,21,23)/t13-,15+,16-/m1/s1. The summed E-state index contributed by atoms with van der Waals surface area (Å²) in [7, 11) is 0. The summed E-state index contributed by atoms with van der Waals surface area (Å²) in [6.45, 7) is 3.93. The molecule has 2 fully saturated rings. The highest BCUT2D eigenvalue weighted by atomic mass is 16.5. The van der Waals surface area contributed by atoms with E-state index in [0.717, 1.165) is 31.7 Å². The molecule has 7 heteroatoms. The number of pyridine rings is 1.